The Bertz CT molecular complexity index is 650. The summed E-state index contributed by atoms with van der Waals surface area (Å²) in [5.41, 5.74) is 6.29. The molecule has 2 rings (SSSR count). The zero-order valence-electron chi connectivity index (χ0n) is 9.75. The quantitative estimate of drug-likeness (QED) is 0.899. The molecule has 2 aromatic heterocycles. The van der Waals surface area contributed by atoms with Gasteiger partial charge in [-0.2, -0.15) is 0 Å². The maximum atomic E-state index is 12.1. The fourth-order valence-electron chi connectivity index (χ4n) is 1.39. The number of nitrogen functional groups attached to an aromatic ring is 1. The Kier molecular flexibility index (Phi) is 3.53. The number of nitrogens with zero attached hydrogens (tertiary/aromatic N) is 1. The van der Waals surface area contributed by atoms with Crippen LogP contribution < -0.4 is 10.5 Å². The summed E-state index contributed by atoms with van der Waals surface area (Å²) in [4.78, 5) is 4.83. The molecule has 5 nitrogen and oxygen atoms in total. The highest BCUT2D eigenvalue weighted by Crippen LogP contribution is 2.26. The molecule has 0 unspecified atom stereocenters. The third kappa shape index (κ3) is 2.62. The SMILES string of the molecule is CCc1ccc(S(=O)(=O)Nc2ccncc2N)s1. The van der Waals surface area contributed by atoms with Crippen LogP contribution in [0.4, 0.5) is 11.4 Å². The van der Waals surface area contributed by atoms with Crippen molar-refractivity contribution >= 4 is 32.7 Å². The fourth-order valence-corrected chi connectivity index (χ4v) is 3.77. The first-order valence-corrected chi connectivity index (χ1v) is 7.64. The second-order valence-electron chi connectivity index (χ2n) is 3.64. The van der Waals surface area contributed by atoms with Gasteiger partial charge in [0, 0.05) is 11.1 Å². The van der Waals surface area contributed by atoms with Gasteiger partial charge >= 0.3 is 0 Å². The minimum atomic E-state index is -3.56. The number of pyridine rings is 1. The molecule has 0 aliphatic carbocycles. The monoisotopic (exact) mass is 283 g/mol. The summed E-state index contributed by atoms with van der Waals surface area (Å²) in [6, 6.07) is 4.94. The molecule has 2 aromatic rings. The number of nitrogens with two attached hydrogens (primary N) is 1. The van der Waals surface area contributed by atoms with Crippen LogP contribution in [0.2, 0.25) is 0 Å². The van der Waals surface area contributed by atoms with Crippen LogP contribution in [0.25, 0.3) is 0 Å². The highest BCUT2D eigenvalue weighted by Gasteiger charge is 2.17. The van der Waals surface area contributed by atoms with Gasteiger partial charge in [-0.3, -0.25) is 9.71 Å². The van der Waals surface area contributed by atoms with Crippen molar-refractivity contribution in [2.24, 2.45) is 0 Å². The summed E-state index contributed by atoms with van der Waals surface area (Å²) < 4.78 is 27.0. The Morgan fingerprint density at radius 3 is 2.78 bits per heavy atom. The van der Waals surface area contributed by atoms with E-state index in [0.717, 1.165) is 11.3 Å². The third-order valence-corrected chi connectivity index (χ3v) is 5.43. The molecule has 0 radical (unpaired) electrons. The van der Waals surface area contributed by atoms with Gasteiger partial charge in [-0.1, -0.05) is 6.92 Å². The lowest BCUT2D eigenvalue weighted by Gasteiger charge is -2.07. The lowest BCUT2D eigenvalue weighted by atomic mass is 10.4. The normalized spacial score (nSPS) is 11.4. The number of rotatable bonds is 4. The lowest BCUT2D eigenvalue weighted by Crippen LogP contribution is -2.12. The van der Waals surface area contributed by atoms with Gasteiger partial charge in [-0.05, 0) is 24.6 Å². The van der Waals surface area contributed by atoms with Gasteiger partial charge < -0.3 is 5.73 Å². The lowest BCUT2D eigenvalue weighted by molar-refractivity contribution is 0.603. The fraction of sp³-hybridized carbons (Fsp3) is 0.182. The van der Waals surface area contributed by atoms with Crippen LogP contribution in [-0.4, -0.2) is 13.4 Å². The summed E-state index contributed by atoms with van der Waals surface area (Å²) in [6.07, 6.45) is 3.71. The molecule has 3 N–H and O–H groups in total. The number of nitrogens with one attached hydrogen (secondary N) is 1. The van der Waals surface area contributed by atoms with Crippen molar-refractivity contribution in [2.45, 2.75) is 17.6 Å². The number of aryl methyl sites for hydroxylation is 1. The maximum absolute atomic E-state index is 12.1. The maximum Gasteiger partial charge on any atom is 0.271 e. The van der Waals surface area contributed by atoms with E-state index in [1.165, 1.54) is 29.8 Å². The van der Waals surface area contributed by atoms with E-state index in [-0.39, 0.29) is 4.21 Å². The van der Waals surface area contributed by atoms with Crippen LogP contribution in [-0.2, 0) is 16.4 Å². The summed E-state index contributed by atoms with van der Waals surface area (Å²) in [6.45, 7) is 1.98. The van der Waals surface area contributed by atoms with E-state index in [0.29, 0.717) is 11.4 Å². The molecule has 0 aromatic carbocycles. The molecule has 0 aliphatic rings. The molecular formula is C11H13N3O2S2. The van der Waals surface area contributed by atoms with Crippen molar-refractivity contribution in [1.82, 2.24) is 4.98 Å². The van der Waals surface area contributed by atoms with Crippen molar-refractivity contribution in [3.8, 4) is 0 Å². The topological polar surface area (TPSA) is 85.1 Å². The zero-order valence-corrected chi connectivity index (χ0v) is 11.4. The zero-order chi connectivity index (χ0) is 13.2. The Morgan fingerprint density at radius 1 is 1.39 bits per heavy atom. The molecule has 2 heterocycles. The van der Waals surface area contributed by atoms with Gasteiger partial charge in [0.25, 0.3) is 10.0 Å². The van der Waals surface area contributed by atoms with Gasteiger partial charge in [0.15, 0.2) is 0 Å². The first-order valence-electron chi connectivity index (χ1n) is 5.34. The van der Waals surface area contributed by atoms with E-state index in [9.17, 15) is 8.42 Å². The largest absolute Gasteiger partial charge is 0.396 e. The predicted molar refractivity (Wildman–Crippen MR) is 73.2 cm³/mol. The van der Waals surface area contributed by atoms with Crippen LogP contribution in [0.3, 0.4) is 0 Å². The second kappa shape index (κ2) is 4.95. The molecule has 0 fully saturated rings. The highest BCUT2D eigenvalue weighted by molar-refractivity contribution is 7.94. The predicted octanol–water partition coefficient (Wildman–Crippen LogP) is 2.09. The molecular weight excluding hydrogens is 270 g/mol. The van der Waals surface area contributed by atoms with Gasteiger partial charge in [-0.15, -0.1) is 11.3 Å². The minimum Gasteiger partial charge on any atom is -0.396 e. The van der Waals surface area contributed by atoms with Crippen molar-refractivity contribution in [2.75, 3.05) is 10.5 Å². The first-order chi connectivity index (χ1) is 8.53. The summed E-state index contributed by atoms with van der Waals surface area (Å²) in [7, 11) is -3.56. The smallest absolute Gasteiger partial charge is 0.271 e. The Morgan fingerprint density at radius 2 is 2.17 bits per heavy atom. The van der Waals surface area contributed by atoms with Crippen LogP contribution in [0, 0.1) is 0 Å². The van der Waals surface area contributed by atoms with E-state index in [1.54, 1.807) is 6.07 Å². The highest BCUT2D eigenvalue weighted by atomic mass is 32.2. The van der Waals surface area contributed by atoms with Crippen LogP contribution in [0.15, 0.2) is 34.8 Å². The number of hydrogen-bond acceptors (Lipinski definition) is 5. The number of thiophene rings is 1. The summed E-state index contributed by atoms with van der Waals surface area (Å²) in [5, 5.41) is 0. The van der Waals surface area contributed by atoms with Crippen molar-refractivity contribution in [3.63, 3.8) is 0 Å². The number of anilines is 2. The third-order valence-electron chi connectivity index (χ3n) is 2.35. The van der Waals surface area contributed by atoms with E-state index in [4.69, 9.17) is 5.73 Å². The van der Waals surface area contributed by atoms with Crippen LogP contribution in [0.5, 0.6) is 0 Å². The van der Waals surface area contributed by atoms with E-state index in [2.05, 4.69) is 9.71 Å². The number of sulfonamides is 1. The van der Waals surface area contributed by atoms with Crippen molar-refractivity contribution in [3.05, 3.63) is 35.5 Å². The number of aromatic nitrogens is 1. The first kappa shape index (κ1) is 12.8. The Labute approximate surface area is 110 Å². The van der Waals surface area contributed by atoms with Gasteiger partial charge in [0.1, 0.15) is 4.21 Å². The van der Waals surface area contributed by atoms with E-state index >= 15 is 0 Å². The molecule has 0 bridgehead atoms. The molecule has 0 saturated heterocycles. The molecule has 7 heteroatoms. The number of hydrogen-bond donors (Lipinski definition) is 2. The molecule has 0 atom stereocenters. The van der Waals surface area contributed by atoms with Crippen molar-refractivity contribution in [1.29, 1.82) is 0 Å². The Balaban J connectivity index is 2.30. The van der Waals surface area contributed by atoms with Gasteiger partial charge in [-0.25, -0.2) is 8.42 Å². The van der Waals surface area contributed by atoms with Crippen LogP contribution >= 0.6 is 11.3 Å². The molecule has 0 saturated carbocycles. The second-order valence-corrected chi connectivity index (χ2v) is 6.72. The molecule has 18 heavy (non-hydrogen) atoms. The van der Waals surface area contributed by atoms with Crippen LogP contribution in [0.1, 0.15) is 11.8 Å². The van der Waals surface area contributed by atoms with Gasteiger partial charge in [0.05, 0.1) is 17.6 Å². The molecule has 0 aliphatic heterocycles. The standard InChI is InChI=1S/C11H13N3O2S2/c1-2-8-3-4-11(17-8)18(15,16)14-10-5-6-13-7-9(10)12/h3-7H,2,12H2,1H3,(H,13,14). The average Bonchev–Trinajstić information content (AvgIpc) is 2.81. The minimum absolute atomic E-state index is 0.288. The van der Waals surface area contributed by atoms with E-state index in [1.807, 2.05) is 13.0 Å². The average molecular weight is 283 g/mol. The molecule has 0 spiro atoms. The molecule has 96 valence electrons. The summed E-state index contributed by atoms with van der Waals surface area (Å²) >= 11 is 1.26. The summed E-state index contributed by atoms with van der Waals surface area (Å²) in [5.74, 6) is 0. The molecule has 0 amide bonds. The Hall–Kier alpha value is -1.60. The van der Waals surface area contributed by atoms with Gasteiger partial charge in [0.2, 0.25) is 0 Å². The van der Waals surface area contributed by atoms with E-state index < -0.39 is 10.0 Å². The van der Waals surface area contributed by atoms with Crippen molar-refractivity contribution < 1.29 is 8.42 Å².